The highest BCUT2D eigenvalue weighted by Crippen LogP contribution is 2.43. The van der Waals surface area contributed by atoms with E-state index in [1.165, 1.54) is 58.2 Å². The molecule has 2 unspecified atom stereocenters. The lowest BCUT2D eigenvalue weighted by atomic mass is 9.86. The highest BCUT2D eigenvalue weighted by molar-refractivity contribution is 5.03. The predicted octanol–water partition coefficient (Wildman–Crippen LogP) is 2.00. The summed E-state index contributed by atoms with van der Waals surface area (Å²) in [6, 6.07) is 0.854. The van der Waals surface area contributed by atoms with Crippen LogP contribution in [-0.4, -0.2) is 36.1 Å². The van der Waals surface area contributed by atoms with Crippen molar-refractivity contribution in [3.05, 3.63) is 0 Å². The zero-order chi connectivity index (χ0) is 10.3. The van der Waals surface area contributed by atoms with Crippen LogP contribution in [0.4, 0.5) is 0 Å². The topological polar surface area (TPSA) is 15.3 Å². The molecule has 2 heteroatoms. The van der Waals surface area contributed by atoms with Crippen molar-refractivity contribution in [1.82, 2.24) is 10.2 Å². The van der Waals surface area contributed by atoms with E-state index < -0.39 is 0 Å². The maximum absolute atomic E-state index is 3.62. The number of hydrogen-bond acceptors (Lipinski definition) is 2. The molecule has 2 atom stereocenters. The van der Waals surface area contributed by atoms with Gasteiger partial charge >= 0.3 is 0 Å². The van der Waals surface area contributed by atoms with E-state index in [1.807, 2.05) is 0 Å². The first kappa shape index (κ1) is 10.1. The van der Waals surface area contributed by atoms with Gasteiger partial charge in [-0.25, -0.2) is 0 Å². The van der Waals surface area contributed by atoms with Crippen LogP contribution in [0.3, 0.4) is 0 Å². The summed E-state index contributed by atoms with van der Waals surface area (Å²) in [6.07, 6.45) is 8.67. The summed E-state index contributed by atoms with van der Waals surface area (Å²) in [5.41, 5.74) is 0.556. The monoisotopic (exact) mass is 208 g/mol. The number of likely N-dealkylation sites (tertiary alicyclic amines) is 1. The van der Waals surface area contributed by atoms with Crippen molar-refractivity contribution in [2.75, 3.05) is 19.6 Å². The quantitative estimate of drug-likeness (QED) is 0.747. The molecular weight excluding hydrogens is 184 g/mol. The Bertz CT molecular complexity index is 229. The first-order chi connectivity index (χ1) is 7.32. The van der Waals surface area contributed by atoms with Gasteiger partial charge in [-0.3, -0.25) is 4.90 Å². The second-order valence-electron chi connectivity index (χ2n) is 5.88. The third-order valence-electron chi connectivity index (χ3n) is 4.90. The van der Waals surface area contributed by atoms with Crippen LogP contribution in [0.5, 0.6) is 0 Å². The zero-order valence-corrected chi connectivity index (χ0v) is 9.97. The molecule has 2 nitrogen and oxygen atoms in total. The molecule has 2 heterocycles. The molecule has 0 aromatic rings. The summed E-state index contributed by atoms with van der Waals surface area (Å²) in [5, 5.41) is 3.62. The van der Waals surface area contributed by atoms with Gasteiger partial charge in [0.15, 0.2) is 0 Å². The average Bonchev–Trinajstić information content (AvgIpc) is 3.03. The Morgan fingerprint density at radius 3 is 2.73 bits per heavy atom. The van der Waals surface area contributed by atoms with Crippen LogP contribution in [-0.2, 0) is 0 Å². The molecule has 0 aromatic carbocycles. The van der Waals surface area contributed by atoms with Gasteiger partial charge in [-0.05, 0) is 64.5 Å². The molecule has 1 spiro atoms. The molecule has 15 heavy (non-hydrogen) atoms. The van der Waals surface area contributed by atoms with Gasteiger partial charge in [-0.1, -0.05) is 0 Å². The summed E-state index contributed by atoms with van der Waals surface area (Å²) in [4.78, 5) is 2.86. The van der Waals surface area contributed by atoms with Crippen molar-refractivity contribution >= 4 is 0 Å². The van der Waals surface area contributed by atoms with Gasteiger partial charge in [-0.15, -0.1) is 0 Å². The lowest BCUT2D eigenvalue weighted by Gasteiger charge is -2.45. The standard InChI is InChI=1S/C13H24N2/c1-11(12-4-5-12)15-9-3-7-13(15)6-2-8-14-10-13/h11-12,14H,2-10H2,1H3. The van der Waals surface area contributed by atoms with E-state index in [0.29, 0.717) is 5.54 Å². The van der Waals surface area contributed by atoms with E-state index in [9.17, 15) is 0 Å². The van der Waals surface area contributed by atoms with Gasteiger partial charge in [-0.2, -0.15) is 0 Å². The molecular formula is C13H24N2. The van der Waals surface area contributed by atoms with Crippen molar-refractivity contribution in [3.8, 4) is 0 Å². The number of nitrogens with one attached hydrogen (secondary N) is 1. The zero-order valence-electron chi connectivity index (χ0n) is 9.97. The van der Waals surface area contributed by atoms with Crippen LogP contribution < -0.4 is 5.32 Å². The van der Waals surface area contributed by atoms with Gasteiger partial charge < -0.3 is 5.32 Å². The number of hydrogen-bond donors (Lipinski definition) is 1. The second-order valence-corrected chi connectivity index (χ2v) is 5.88. The maximum Gasteiger partial charge on any atom is 0.0337 e. The Morgan fingerprint density at radius 2 is 2.07 bits per heavy atom. The minimum atomic E-state index is 0.556. The fourth-order valence-corrected chi connectivity index (χ4v) is 3.84. The summed E-state index contributed by atoms with van der Waals surface area (Å²) < 4.78 is 0. The van der Waals surface area contributed by atoms with Crippen LogP contribution in [0.1, 0.15) is 45.4 Å². The van der Waals surface area contributed by atoms with E-state index in [4.69, 9.17) is 0 Å². The van der Waals surface area contributed by atoms with E-state index >= 15 is 0 Å². The van der Waals surface area contributed by atoms with E-state index in [1.54, 1.807) is 0 Å². The summed E-state index contributed by atoms with van der Waals surface area (Å²) in [6.45, 7) is 6.33. The van der Waals surface area contributed by atoms with Crippen LogP contribution in [0.25, 0.3) is 0 Å². The van der Waals surface area contributed by atoms with Crippen molar-refractivity contribution in [2.45, 2.75) is 57.0 Å². The number of piperidine rings is 1. The van der Waals surface area contributed by atoms with E-state index in [2.05, 4.69) is 17.1 Å². The van der Waals surface area contributed by atoms with Crippen LogP contribution in [0.15, 0.2) is 0 Å². The molecule has 0 aromatic heterocycles. The first-order valence-corrected chi connectivity index (χ1v) is 6.79. The molecule has 2 aliphatic heterocycles. The van der Waals surface area contributed by atoms with Gasteiger partial charge in [0, 0.05) is 18.1 Å². The van der Waals surface area contributed by atoms with Crippen molar-refractivity contribution in [3.63, 3.8) is 0 Å². The van der Waals surface area contributed by atoms with Crippen molar-refractivity contribution < 1.29 is 0 Å². The lowest BCUT2D eigenvalue weighted by Crippen LogP contribution is -2.57. The Morgan fingerprint density at radius 1 is 1.27 bits per heavy atom. The fraction of sp³-hybridized carbons (Fsp3) is 1.00. The molecule has 3 rings (SSSR count). The molecule has 3 aliphatic rings. The number of nitrogens with zero attached hydrogens (tertiary/aromatic N) is 1. The smallest absolute Gasteiger partial charge is 0.0337 e. The lowest BCUT2D eigenvalue weighted by molar-refractivity contribution is 0.0601. The minimum Gasteiger partial charge on any atom is -0.315 e. The normalized spacial score (nSPS) is 39.8. The second kappa shape index (κ2) is 3.74. The maximum atomic E-state index is 3.62. The fourth-order valence-electron chi connectivity index (χ4n) is 3.84. The summed E-state index contributed by atoms with van der Waals surface area (Å²) in [7, 11) is 0. The highest BCUT2D eigenvalue weighted by Gasteiger charge is 2.46. The molecule has 2 saturated heterocycles. The molecule has 1 saturated carbocycles. The minimum absolute atomic E-state index is 0.556. The third-order valence-corrected chi connectivity index (χ3v) is 4.90. The van der Waals surface area contributed by atoms with Gasteiger partial charge in [0.1, 0.15) is 0 Å². The summed E-state index contributed by atoms with van der Waals surface area (Å²) in [5.74, 6) is 1.03. The largest absolute Gasteiger partial charge is 0.315 e. The molecule has 0 radical (unpaired) electrons. The van der Waals surface area contributed by atoms with Gasteiger partial charge in [0.05, 0.1) is 0 Å². The molecule has 3 fully saturated rings. The molecule has 86 valence electrons. The Balaban J connectivity index is 1.74. The van der Waals surface area contributed by atoms with Crippen LogP contribution >= 0.6 is 0 Å². The SMILES string of the molecule is CC(C1CC1)N1CCCC12CCCNC2. The third kappa shape index (κ3) is 1.72. The molecule has 0 amide bonds. The highest BCUT2D eigenvalue weighted by atomic mass is 15.3. The van der Waals surface area contributed by atoms with Gasteiger partial charge in [0.25, 0.3) is 0 Å². The summed E-state index contributed by atoms with van der Waals surface area (Å²) >= 11 is 0. The van der Waals surface area contributed by atoms with Gasteiger partial charge in [0.2, 0.25) is 0 Å². The Labute approximate surface area is 93.4 Å². The molecule has 0 bridgehead atoms. The average molecular weight is 208 g/mol. The van der Waals surface area contributed by atoms with E-state index in [-0.39, 0.29) is 0 Å². The Kier molecular flexibility index (Phi) is 2.52. The van der Waals surface area contributed by atoms with Crippen molar-refractivity contribution in [1.29, 1.82) is 0 Å². The predicted molar refractivity (Wildman–Crippen MR) is 63.0 cm³/mol. The molecule has 1 N–H and O–H groups in total. The van der Waals surface area contributed by atoms with Crippen LogP contribution in [0.2, 0.25) is 0 Å². The van der Waals surface area contributed by atoms with Crippen molar-refractivity contribution in [2.24, 2.45) is 5.92 Å². The molecule has 1 aliphatic carbocycles. The van der Waals surface area contributed by atoms with Crippen LogP contribution in [0, 0.1) is 5.92 Å². The Hall–Kier alpha value is -0.0800. The van der Waals surface area contributed by atoms with E-state index in [0.717, 1.165) is 12.0 Å². The number of rotatable bonds is 2. The first-order valence-electron chi connectivity index (χ1n) is 6.79.